The van der Waals surface area contributed by atoms with Crippen LogP contribution in [-0.2, 0) is 22.4 Å². The van der Waals surface area contributed by atoms with E-state index >= 15 is 0 Å². The largest absolute Gasteiger partial charge is 0.444 e. The first-order valence-electron chi connectivity index (χ1n) is 9.64. The van der Waals surface area contributed by atoms with Crippen molar-refractivity contribution in [3.63, 3.8) is 0 Å². The highest BCUT2D eigenvalue weighted by Gasteiger charge is 2.32. The normalized spacial score (nSPS) is 13.9. The number of rotatable bonds is 4. The van der Waals surface area contributed by atoms with Crippen molar-refractivity contribution in [2.24, 2.45) is 0 Å². The highest BCUT2D eigenvalue weighted by molar-refractivity contribution is 6.00. The molecular formula is C23H25N3O3. The molecule has 6 heteroatoms. The second-order valence-electron chi connectivity index (χ2n) is 8.08. The summed E-state index contributed by atoms with van der Waals surface area (Å²) in [6.45, 7) is 5.92. The molecule has 0 aliphatic carbocycles. The fraction of sp³-hybridized carbons (Fsp3) is 0.348. The summed E-state index contributed by atoms with van der Waals surface area (Å²) >= 11 is 0. The van der Waals surface area contributed by atoms with Crippen LogP contribution in [0.4, 0.5) is 10.5 Å². The summed E-state index contributed by atoms with van der Waals surface area (Å²) in [5.41, 5.74) is 2.74. The summed E-state index contributed by atoms with van der Waals surface area (Å²) < 4.78 is 5.36. The number of amides is 2. The Hall–Kier alpha value is -3.33. The molecule has 2 aromatic carbocycles. The third-order valence-corrected chi connectivity index (χ3v) is 4.67. The lowest BCUT2D eigenvalue weighted by atomic mass is 10.0. The topological polar surface area (TPSA) is 82.4 Å². The van der Waals surface area contributed by atoms with Gasteiger partial charge in [-0.05, 0) is 56.5 Å². The fourth-order valence-corrected chi connectivity index (χ4v) is 3.36. The maximum absolute atomic E-state index is 13.3. The van der Waals surface area contributed by atoms with Crippen LogP contribution in [0, 0.1) is 11.3 Å². The average molecular weight is 391 g/mol. The molecule has 1 heterocycles. The third kappa shape index (κ3) is 5.14. The second kappa shape index (κ2) is 8.36. The van der Waals surface area contributed by atoms with Crippen LogP contribution in [0.25, 0.3) is 0 Å². The standard InChI is InChI=1S/C23H25N3O3/c1-23(2,3)29-22(28)25-19(14-16-8-10-17(15-24)11-9-16)21(27)26-13-12-18-6-4-5-7-20(18)26/h4-11,19H,12-14H2,1-3H3,(H,25,28)/t19-/m0/s1. The molecule has 1 atom stereocenters. The second-order valence-corrected chi connectivity index (χ2v) is 8.08. The van der Waals surface area contributed by atoms with Gasteiger partial charge in [0.1, 0.15) is 11.6 Å². The smallest absolute Gasteiger partial charge is 0.408 e. The molecule has 6 nitrogen and oxygen atoms in total. The Bertz CT molecular complexity index is 939. The fourth-order valence-electron chi connectivity index (χ4n) is 3.36. The van der Waals surface area contributed by atoms with Gasteiger partial charge in [0.05, 0.1) is 11.6 Å². The van der Waals surface area contributed by atoms with Gasteiger partial charge in [0.25, 0.3) is 0 Å². The lowest BCUT2D eigenvalue weighted by Gasteiger charge is -2.27. The van der Waals surface area contributed by atoms with Gasteiger partial charge in [0.15, 0.2) is 0 Å². The number of para-hydroxylation sites is 1. The molecule has 0 saturated carbocycles. The highest BCUT2D eigenvalue weighted by atomic mass is 16.6. The maximum Gasteiger partial charge on any atom is 0.408 e. The number of benzene rings is 2. The molecule has 2 amide bonds. The number of fused-ring (bicyclic) bond motifs is 1. The minimum absolute atomic E-state index is 0.176. The van der Waals surface area contributed by atoms with Gasteiger partial charge >= 0.3 is 6.09 Å². The zero-order valence-corrected chi connectivity index (χ0v) is 16.9. The van der Waals surface area contributed by atoms with Gasteiger partial charge in [-0.3, -0.25) is 4.79 Å². The number of alkyl carbamates (subject to hydrolysis) is 1. The summed E-state index contributed by atoms with van der Waals surface area (Å²) in [4.78, 5) is 27.4. The molecule has 29 heavy (non-hydrogen) atoms. The first kappa shape index (κ1) is 20.4. The number of ether oxygens (including phenoxy) is 1. The molecule has 1 aliphatic rings. The van der Waals surface area contributed by atoms with Crippen LogP contribution in [0.3, 0.4) is 0 Å². The van der Waals surface area contributed by atoms with Crippen molar-refractivity contribution in [2.75, 3.05) is 11.4 Å². The van der Waals surface area contributed by atoms with E-state index in [9.17, 15) is 9.59 Å². The third-order valence-electron chi connectivity index (χ3n) is 4.67. The van der Waals surface area contributed by atoms with Gasteiger partial charge in [0, 0.05) is 18.7 Å². The first-order valence-corrected chi connectivity index (χ1v) is 9.64. The Morgan fingerprint density at radius 1 is 1.17 bits per heavy atom. The van der Waals surface area contributed by atoms with E-state index < -0.39 is 17.7 Å². The molecule has 3 rings (SSSR count). The van der Waals surface area contributed by atoms with Crippen molar-refractivity contribution in [1.29, 1.82) is 5.26 Å². The number of anilines is 1. The molecule has 0 radical (unpaired) electrons. The van der Waals surface area contributed by atoms with Crippen LogP contribution < -0.4 is 10.2 Å². The van der Waals surface area contributed by atoms with Crippen molar-refractivity contribution in [3.8, 4) is 6.07 Å². The maximum atomic E-state index is 13.3. The van der Waals surface area contributed by atoms with E-state index in [2.05, 4.69) is 11.4 Å². The Kier molecular flexibility index (Phi) is 5.88. The van der Waals surface area contributed by atoms with Crippen molar-refractivity contribution < 1.29 is 14.3 Å². The predicted octanol–water partition coefficient (Wildman–Crippen LogP) is 3.58. The van der Waals surface area contributed by atoms with Crippen molar-refractivity contribution in [3.05, 3.63) is 65.2 Å². The van der Waals surface area contributed by atoms with E-state index in [0.717, 1.165) is 23.2 Å². The quantitative estimate of drug-likeness (QED) is 0.864. The molecule has 0 saturated heterocycles. The Morgan fingerprint density at radius 2 is 1.86 bits per heavy atom. The minimum atomic E-state index is -0.774. The number of nitrogens with zero attached hydrogens (tertiary/aromatic N) is 2. The summed E-state index contributed by atoms with van der Waals surface area (Å²) in [6.07, 6.45) is 0.470. The lowest BCUT2D eigenvalue weighted by molar-refractivity contribution is -0.120. The molecule has 0 fully saturated rings. The zero-order valence-electron chi connectivity index (χ0n) is 16.9. The van der Waals surface area contributed by atoms with Gasteiger partial charge < -0.3 is 15.0 Å². The summed E-state index contributed by atoms with van der Waals surface area (Å²) in [6, 6.07) is 16.1. The summed E-state index contributed by atoms with van der Waals surface area (Å²) in [5, 5.41) is 11.7. The monoisotopic (exact) mass is 391 g/mol. The van der Waals surface area contributed by atoms with E-state index in [-0.39, 0.29) is 5.91 Å². The van der Waals surface area contributed by atoms with Gasteiger partial charge in [-0.1, -0.05) is 30.3 Å². The van der Waals surface area contributed by atoms with Crippen LogP contribution in [-0.4, -0.2) is 30.2 Å². The van der Waals surface area contributed by atoms with Crippen LogP contribution in [0.15, 0.2) is 48.5 Å². The molecule has 1 N–H and O–H groups in total. The Morgan fingerprint density at radius 3 is 2.52 bits per heavy atom. The molecule has 0 spiro atoms. The highest BCUT2D eigenvalue weighted by Crippen LogP contribution is 2.28. The van der Waals surface area contributed by atoms with Gasteiger partial charge in [-0.25, -0.2) is 4.79 Å². The number of carbonyl (C=O) groups is 2. The van der Waals surface area contributed by atoms with Crippen molar-refractivity contribution in [2.45, 2.75) is 45.3 Å². The number of hydrogen-bond acceptors (Lipinski definition) is 4. The van der Waals surface area contributed by atoms with Gasteiger partial charge in [-0.15, -0.1) is 0 Å². The van der Waals surface area contributed by atoms with Crippen LogP contribution in [0.2, 0.25) is 0 Å². The average Bonchev–Trinajstić information content (AvgIpc) is 3.10. The van der Waals surface area contributed by atoms with E-state index in [0.29, 0.717) is 18.5 Å². The SMILES string of the molecule is CC(C)(C)OC(=O)N[C@@H](Cc1ccc(C#N)cc1)C(=O)N1CCc2ccccc21. The molecule has 0 bridgehead atoms. The van der Waals surface area contributed by atoms with Crippen LogP contribution >= 0.6 is 0 Å². The van der Waals surface area contributed by atoms with E-state index in [1.807, 2.05) is 24.3 Å². The van der Waals surface area contributed by atoms with E-state index in [1.54, 1.807) is 49.9 Å². The number of hydrogen-bond donors (Lipinski definition) is 1. The predicted molar refractivity (Wildman–Crippen MR) is 111 cm³/mol. The molecule has 0 aromatic heterocycles. The molecule has 0 unspecified atom stereocenters. The zero-order chi connectivity index (χ0) is 21.0. The number of nitriles is 1. The van der Waals surface area contributed by atoms with Crippen LogP contribution in [0.5, 0.6) is 0 Å². The first-order chi connectivity index (χ1) is 13.8. The van der Waals surface area contributed by atoms with Crippen LogP contribution in [0.1, 0.15) is 37.5 Å². The Labute approximate surface area is 171 Å². The Balaban J connectivity index is 1.82. The van der Waals surface area contributed by atoms with E-state index in [4.69, 9.17) is 10.00 Å². The summed E-state index contributed by atoms with van der Waals surface area (Å²) in [7, 11) is 0. The van der Waals surface area contributed by atoms with Gasteiger partial charge in [0.2, 0.25) is 5.91 Å². The van der Waals surface area contributed by atoms with E-state index in [1.165, 1.54) is 0 Å². The number of nitrogens with one attached hydrogen (secondary N) is 1. The minimum Gasteiger partial charge on any atom is -0.444 e. The lowest BCUT2D eigenvalue weighted by Crippen LogP contribution is -2.50. The molecule has 1 aliphatic heterocycles. The molecule has 2 aromatic rings. The summed E-state index contributed by atoms with van der Waals surface area (Å²) in [5.74, 6) is -0.176. The number of carbonyl (C=O) groups excluding carboxylic acids is 2. The molecular weight excluding hydrogens is 366 g/mol. The van der Waals surface area contributed by atoms with Crippen molar-refractivity contribution in [1.82, 2.24) is 5.32 Å². The van der Waals surface area contributed by atoms with Crippen molar-refractivity contribution >= 4 is 17.7 Å². The van der Waals surface area contributed by atoms with Gasteiger partial charge in [-0.2, -0.15) is 5.26 Å². The molecule has 150 valence electrons.